The lowest BCUT2D eigenvalue weighted by molar-refractivity contribution is 0.651. The Morgan fingerprint density at radius 2 is 2.00 bits per heavy atom. The van der Waals surface area contributed by atoms with Crippen LogP contribution < -0.4 is 11.1 Å². The molecule has 3 N–H and O–H groups in total. The van der Waals surface area contributed by atoms with Gasteiger partial charge in [0, 0.05) is 28.9 Å². The van der Waals surface area contributed by atoms with Gasteiger partial charge in [0.25, 0.3) is 0 Å². The van der Waals surface area contributed by atoms with Crippen LogP contribution in [0, 0.1) is 5.92 Å². The fraction of sp³-hybridized carbons (Fsp3) is 0.458. The highest BCUT2D eigenvalue weighted by atomic mass is 14.9. The largest absolute Gasteiger partial charge is 0.398 e. The predicted molar refractivity (Wildman–Crippen MR) is 115 cm³/mol. The summed E-state index contributed by atoms with van der Waals surface area (Å²) in [5.74, 6) is 1.42. The molecule has 2 unspecified atom stereocenters. The molecule has 3 nitrogen and oxygen atoms in total. The molecule has 0 bridgehead atoms. The summed E-state index contributed by atoms with van der Waals surface area (Å²) in [6.07, 6.45) is 12.4. The molecule has 1 saturated heterocycles. The number of aromatic nitrogens is 1. The molecular formula is C24H31N3. The zero-order valence-corrected chi connectivity index (χ0v) is 16.6. The molecule has 142 valence electrons. The van der Waals surface area contributed by atoms with E-state index in [1.807, 2.05) is 6.20 Å². The number of pyridine rings is 1. The second-order valence-corrected chi connectivity index (χ2v) is 8.31. The van der Waals surface area contributed by atoms with Crippen molar-refractivity contribution in [1.29, 1.82) is 0 Å². The van der Waals surface area contributed by atoms with E-state index in [1.165, 1.54) is 65.9 Å². The minimum atomic E-state index is 0.487. The van der Waals surface area contributed by atoms with Gasteiger partial charge in [-0.3, -0.25) is 4.98 Å². The van der Waals surface area contributed by atoms with Crippen molar-refractivity contribution < 1.29 is 0 Å². The normalized spacial score (nSPS) is 22.7. The average molecular weight is 362 g/mol. The van der Waals surface area contributed by atoms with E-state index in [0.717, 1.165) is 24.4 Å². The number of anilines is 1. The molecule has 2 heterocycles. The van der Waals surface area contributed by atoms with Crippen molar-refractivity contribution in [3.8, 4) is 11.1 Å². The Balaban J connectivity index is 0.000000257. The Hall–Kier alpha value is -2.13. The lowest BCUT2D eigenvalue weighted by Gasteiger charge is -2.20. The average Bonchev–Trinajstić information content (AvgIpc) is 3.34. The van der Waals surface area contributed by atoms with E-state index < -0.39 is 0 Å². The smallest absolute Gasteiger partial charge is 0.0513 e. The Labute approximate surface area is 163 Å². The van der Waals surface area contributed by atoms with E-state index in [-0.39, 0.29) is 0 Å². The number of nitrogen functional groups attached to an aromatic ring is 1. The van der Waals surface area contributed by atoms with Crippen LogP contribution in [0.25, 0.3) is 17.2 Å². The highest BCUT2D eigenvalue weighted by Crippen LogP contribution is 2.40. The SMILES string of the molecule is CC1CC=Cc2c(-c3ccc4c(c3N)CCC4)ccnc21.CC1CCNC1. The first-order valence-corrected chi connectivity index (χ1v) is 10.4. The van der Waals surface area contributed by atoms with Gasteiger partial charge in [0.05, 0.1) is 5.69 Å². The van der Waals surface area contributed by atoms with Crippen LogP contribution in [0.15, 0.2) is 30.5 Å². The fourth-order valence-electron chi connectivity index (χ4n) is 4.52. The molecule has 27 heavy (non-hydrogen) atoms. The van der Waals surface area contributed by atoms with Crippen molar-refractivity contribution >= 4 is 11.8 Å². The standard InChI is InChI=1S/C19H20N2.C5H11N/c1-12-4-2-7-17-15(10-11-21-19(12)17)16-9-8-13-5-3-6-14(13)18(16)20;1-5-2-3-6-4-5/h2,7-12H,3-6,20H2,1H3;5-6H,2-4H2,1H3. The van der Waals surface area contributed by atoms with E-state index in [1.54, 1.807) is 0 Å². The van der Waals surface area contributed by atoms with Crippen molar-refractivity contribution in [1.82, 2.24) is 10.3 Å². The topological polar surface area (TPSA) is 50.9 Å². The Morgan fingerprint density at radius 3 is 2.74 bits per heavy atom. The van der Waals surface area contributed by atoms with Crippen LogP contribution in [0.5, 0.6) is 0 Å². The maximum Gasteiger partial charge on any atom is 0.0513 e. The summed E-state index contributed by atoms with van der Waals surface area (Å²) in [5.41, 5.74) is 15.1. The number of allylic oxidation sites excluding steroid dienone is 1. The molecule has 0 amide bonds. The Morgan fingerprint density at radius 1 is 1.11 bits per heavy atom. The number of benzene rings is 1. The van der Waals surface area contributed by atoms with E-state index in [9.17, 15) is 0 Å². The maximum atomic E-state index is 6.49. The minimum absolute atomic E-state index is 0.487. The molecule has 1 aromatic carbocycles. The molecule has 0 radical (unpaired) electrons. The third-order valence-electron chi connectivity index (χ3n) is 6.19. The first-order chi connectivity index (χ1) is 13.1. The van der Waals surface area contributed by atoms with Crippen LogP contribution in [0.4, 0.5) is 5.69 Å². The molecule has 1 aromatic heterocycles. The van der Waals surface area contributed by atoms with E-state index in [4.69, 9.17) is 5.73 Å². The number of hydrogen-bond donors (Lipinski definition) is 2. The molecule has 1 fully saturated rings. The third-order valence-corrected chi connectivity index (χ3v) is 6.19. The van der Waals surface area contributed by atoms with Gasteiger partial charge in [-0.05, 0) is 73.9 Å². The van der Waals surface area contributed by atoms with Gasteiger partial charge in [0.2, 0.25) is 0 Å². The van der Waals surface area contributed by atoms with Gasteiger partial charge < -0.3 is 11.1 Å². The van der Waals surface area contributed by atoms with Crippen molar-refractivity contribution in [2.45, 2.75) is 51.9 Å². The summed E-state index contributed by atoms with van der Waals surface area (Å²) >= 11 is 0. The molecule has 3 aliphatic rings. The van der Waals surface area contributed by atoms with E-state index >= 15 is 0 Å². The van der Waals surface area contributed by atoms with Crippen LogP contribution in [0.1, 0.15) is 61.4 Å². The highest BCUT2D eigenvalue weighted by molar-refractivity contribution is 5.86. The lowest BCUT2D eigenvalue weighted by Crippen LogP contribution is -2.06. The highest BCUT2D eigenvalue weighted by Gasteiger charge is 2.21. The molecular weight excluding hydrogens is 330 g/mol. The van der Waals surface area contributed by atoms with Crippen LogP contribution >= 0.6 is 0 Å². The summed E-state index contributed by atoms with van der Waals surface area (Å²) in [7, 11) is 0. The molecule has 2 aromatic rings. The second-order valence-electron chi connectivity index (χ2n) is 8.31. The number of nitrogens with zero attached hydrogens (tertiary/aromatic N) is 1. The van der Waals surface area contributed by atoms with Gasteiger partial charge >= 0.3 is 0 Å². The zero-order valence-electron chi connectivity index (χ0n) is 16.6. The lowest BCUT2D eigenvalue weighted by atomic mass is 9.87. The number of fused-ring (bicyclic) bond motifs is 2. The van der Waals surface area contributed by atoms with Crippen molar-refractivity contribution in [2.24, 2.45) is 5.92 Å². The number of hydrogen-bond acceptors (Lipinski definition) is 3. The monoisotopic (exact) mass is 361 g/mol. The predicted octanol–water partition coefficient (Wildman–Crippen LogP) is 4.96. The summed E-state index contributed by atoms with van der Waals surface area (Å²) in [6.45, 7) is 6.99. The van der Waals surface area contributed by atoms with Gasteiger partial charge in [-0.2, -0.15) is 0 Å². The summed E-state index contributed by atoms with van der Waals surface area (Å²) in [6, 6.07) is 6.56. The molecule has 1 aliphatic heterocycles. The molecule has 0 saturated carbocycles. The summed E-state index contributed by atoms with van der Waals surface area (Å²) < 4.78 is 0. The van der Waals surface area contributed by atoms with Gasteiger partial charge in [0.15, 0.2) is 0 Å². The maximum absolute atomic E-state index is 6.49. The fourth-order valence-corrected chi connectivity index (χ4v) is 4.52. The minimum Gasteiger partial charge on any atom is -0.398 e. The number of aryl methyl sites for hydroxylation is 1. The number of rotatable bonds is 1. The Kier molecular flexibility index (Phi) is 5.31. The van der Waals surface area contributed by atoms with Crippen molar-refractivity contribution in [3.05, 3.63) is 52.9 Å². The quantitative estimate of drug-likeness (QED) is 0.706. The third kappa shape index (κ3) is 3.66. The van der Waals surface area contributed by atoms with E-state index in [2.05, 4.69) is 54.5 Å². The molecule has 0 spiro atoms. The van der Waals surface area contributed by atoms with Gasteiger partial charge in [-0.25, -0.2) is 0 Å². The van der Waals surface area contributed by atoms with E-state index in [0.29, 0.717) is 5.92 Å². The zero-order chi connectivity index (χ0) is 18.8. The first-order valence-electron chi connectivity index (χ1n) is 10.4. The summed E-state index contributed by atoms with van der Waals surface area (Å²) in [4.78, 5) is 4.60. The number of nitrogens with two attached hydrogens (primary N) is 1. The molecule has 2 atom stereocenters. The van der Waals surface area contributed by atoms with Crippen molar-refractivity contribution in [3.63, 3.8) is 0 Å². The van der Waals surface area contributed by atoms with Crippen LogP contribution in [0.3, 0.4) is 0 Å². The molecule has 3 heteroatoms. The van der Waals surface area contributed by atoms with Crippen molar-refractivity contribution in [2.75, 3.05) is 18.8 Å². The molecule has 5 rings (SSSR count). The van der Waals surface area contributed by atoms with Crippen LogP contribution in [0.2, 0.25) is 0 Å². The van der Waals surface area contributed by atoms with Gasteiger partial charge in [0.1, 0.15) is 0 Å². The van der Waals surface area contributed by atoms with Crippen LogP contribution in [-0.2, 0) is 12.8 Å². The first kappa shape index (κ1) is 18.2. The van der Waals surface area contributed by atoms with Gasteiger partial charge in [-0.15, -0.1) is 0 Å². The number of nitrogens with one attached hydrogen (secondary N) is 1. The van der Waals surface area contributed by atoms with Crippen LogP contribution in [-0.4, -0.2) is 18.1 Å². The Bertz CT molecular complexity index is 847. The molecule has 2 aliphatic carbocycles. The van der Waals surface area contributed by atoms with Gasteiger partial charge in [-0.1, -0.05) is 38.1 Å². The second kappa shape index (κ2) is 7.85. The summed E-state index contributed by atoms with van der Waals surface area (Å²) in [5, 5.41) is 3.27.